The third kappa shape index (κ3) is 1.24. The Morgan fingerprint density at radius 3 is 2.82 bits per heavy atom. The molecule has 2 aromatic heterocycles. The first-order valence-corrected chi connectivity index (χ1v) is 5.49. The second-order valence-corrected chi connectivity index (χ2v) is 4.26. The van der Waals surface area contributed by atoms with Crippen molar-refractivity contribution in [2.24, 2.45) is 14.1 Å². The van der Waals surface area contributed by atoms with Crippen molar-refractivity contribution >= 4 is 21.9 Å². The van der Waals surface area contributed by atoms with Crippen molar-refractivity contribution in [2.75, 3.05) is 0 Å². The van der Waals surface area contributed by atoms with Crippen molar-refractivity contribution in [2.45, 2.75) is 0 Å². The molecule has 1 aromatic carbocycles. The number of benzene rings is 1. The summed E-state index contributed by atoms with van der Waals surface area (Å²) in [6, 6.07) is 12.1. The Labute approximate surface area is 99.1 Å². The fraction of sp³-hybridized carbons (Fsp3) is 0.143. The average Bonchev–Trinajstić information content (AvgIpc) is 2.64. The van der Waals surface area contributed by atoms with E-state index in [1.165, 1.54) is 5.39 Å². The number of nitriles is 1. The minimum absolute atomic E-state index is 0.705. The van der Waals surface area contributed by atoms with Crippen LogP contribution in [0.3, 0.4) is 0 Å². The SMILES string of the molecule is Cn1c2ccc(C#N)cc2c2ccc[n+](C)c21. The Morgan fingerprint density at radius 2 is 2.06 bits per heavy atom. The van der Waals surface area contributed by atoms with Gasteiger partial charge in [0.1, 0.15) is 5.52 Å². The molecule has 0 atom stereocenters. The molecule has 0 aliphatic carbocycles. The van der Waals surface area contributed by atoms with Gasteiger partial charge in [-0.1, -0.05) is 0 Å². The van der Waals surface area contributed by atoms with Gasteiger partial charge in [-0.3, -0.25) is 0 Å². The highest BCUT2D eigenvalue weighted by Crippen LogP contribution is 2.26. The van der Waals surface area contributed by atoms with E-state index in [-0.39, 0.29) is 0 Å². The minimum atomic E-state index is 0.705. The fourth-order valence-electron chi connectivity index (χ4n) is 2.46. The summed E-state index contributed by atoms with van der Waals surface area (Å²) in [5.41, 5.74) is 3.02. The van der Waals surface area contributed by atoms with E-state index in [0.29, 0.717) is 5.56 Å². The van der Waals surface area contributed by atoms with E-state index in [0.717, 1.165) is 16.6 Å². The van der Waals surface area contributed by atoms with Gasteiger partial charge in [-0.25, -0.2) is 9.13 Å². The van der Waals surface area contributed by atoms with Crippen LogP contribution in [-0.4, -0.2) is 4.57 Å². The molecule has 0 saturated heterocycles. The van der Waals surface area contributed by atoms with E-state index in [1.807, 2.05) is 37.5 Å². The van der Waals surface area contributed by atoms with Gasteiger partial charge in [0.25, 0.3) is 5.65 Å². The molecule has 17 heavy (non-hydrogen) atoms. The first-order chi connectivity index (χ1) is 8.22. The zero-order valence-electron chi connectivity index (χ0n) is 9.81. The van der Waals surface area contributed by atoms with Crippen molar-refractivity contribution in [1.82, 2.24) is 4.57 Å². The molecule has 82 valence electrons. The first-order valence-electron chi connectivity index (χ1n) is 5.49. The van der Waals surface area contributed by atoms with Gasteiger partial charge in [0, 0.05) is 5.39 Å². The average molecular weight is 222 g/mol. The quantitative estimate of drug-likeness (QED) is 0.536. The molecule has 3 nitrogen and oxygen atoms in total. The van der Waals surface area contributed by atoms with Crippen molar-refractivity contribution in [3.8, 4) is 6.07 Å². The molecular formula is C14H12N3+. The first kappa shape index (κ1) is 9.86. The number of nitrogens with zero attached hydrogens (tertiary/aromatic N) is 3. The summed E-state index contributed by atoms with van der Waals surface area (Å²) in [6.07, 6.45) is 2.03. The Morgan fingerprint density at radius 1 is 1.24 bits per heavy atom. The van der Waals surface area contributed by atoms with Crippen LogP contribution < -0.4 is 4.57 Å². The predicted molar refractivity (Wildman–Crippen MR) is 66.3 cm³/mol. The molecule has 0 bridgehead atoms. The van der Waals surface area contributed by atoms with Crippen LogP contribution in [0.2, 0.25) is 0 Å². The molecule has 0 fully saturated rings. The summed E-state index contributed by atoms with van der Waals surface area (Å²) in [7, 11) is 4.09. The van der Waals surface area contributed by atoms with Gasteiger partial charge in [-0.05, 0) is 30.3 Å². The van der Waals surface area contributed by atoms with E-state index in [2.05, 4.69) is 28.3 Å². The second kappa shape index (κ2) is 3.33. The lowest BCUT2D eigenvalue weighted by molar-refractivity contribution is -0.647. The van der Waals surface area contributed by atoms with Crippen LogP contribution in [0.5, 0.6) is 0 Å². The fourth-order valence-corrected chi connectivity index (χ4v) is 2.46. The molecule has 0 saturated carbocycles. The van der Waals surface area contributed by atoms with Crippen molar-refractivity contribution in [3.05, 3.63) is 42.1 Å². The number of rotatable bonds is 0. The van der Waals surface area contributed by atoms with Gasteiger partial charge >= 0.3 is 0 Å². The van der Waals surface area contributed by atoms with Crippen LogP contribution in [-0.2, 0) is 14.1 Å². The van der Waals surface area contributed by atoms with Gasteiger partial charge in [0.15, 0.2) is 0 Å². The molecule has 0 amide bonds. The summed E-state index contributed by atoms with van der Waals surface area (Å²) in [6.45, 7) is 0. The van der Waals surface area contributed by atoms with Crippen LogP contribution in [0, 0.1) is 11.3 Å². The third-order valence-electron chi connectivity index (χ3n) is 3.24. The molecule has 3 heteroatoms. The van der Waals surface area contributed by atoms with Crippen molar-refractivity contribution < 1.29 is 4.57 Å². The molecule has 0 unspecified atom stereocenters. The molecule has 0 aliphatic heterocycles. The summed E-state index contributed by atoms with van der Waals surface area (Å²) in [5.74, 6) is 0. The van der Waals surface area contributed by atoms with Crippen LogP contribution in [0.25, 0.3) is 21.9 Å². The zero-order valence-corrected chi connectivity index (χ0v) is 9.81. The summed E-state index contributed by atoms with van der Waals surface area (Å²) < 4.78 is 4.26. The highest BCUT2D eigenvalue weighted by atomic mass is 15.1. The van der Waals surface area contributed by atoms with Gasteiger partial charge in [-0.15, -0.1) is 0 Å². The predicted octanol–water partition coefficient (Wildman–Crippen LogP) is 2.03. The Kier molecular flexibility index (Phi) is 1.93. The van der Waals surface area contributed by atoms with Crippen LogP contribution in [0.15, 0.2) is 36.5 Å². The lowest BCUT2D eigenvalue weighted by atomic mass is 10.1. The topological polar surface area (TPSA) is 32.6 Å². The lowest BCUT2D eigenvalue weighted by Gasteiger charge is -1.94. The maximum absolute atomic E-state index is 8.97. The molecule has 2 heterocycles. The summed E-state index contributed by atoms with van der Waals surface area (Å²) in [5, 5.41) is 11.3. The van der Waals surface area contributed by atoms with Gasteiger partial charge < -0.3 is 0 Å². The maximum atomic E-state index is 8.97. The molecular weight excluding hydrogens is 210 g/mol. The monoisotopic (exact) mass is 222 g/mol. The number of hydrogen-bond acceptors (Lipinski definition) is 1. The highest BCUT2D eigenvalue weighted by molar-refractivity contribution is 6.05. The largest absolute Gasteiger partial charge is 0.289 e. The van der Waals surface area contributed by atoms with E-state index in [9.17, 15) is 0 Å². The van der Waals surface area contributed by atoms with E-state index >= 15 is 0 Å². The Bertz CT molecular complexity index is 775. The van der Waals surface area contributed by atoms with Crippen molar-refractivity contribution in [1.29, 1.82) is 5.26 Å². The smallest absolute Gasteiger partial charge is 0.236 e. The van der Waals surface area contributed by atoms with E-state index in [4.69, 9.17) is 5.26 Å². The minimum Gasteiger partial charge on any atom is -0.236 e. The molecule has 3 rings (SSSR count). The molecule has 3 aromatic rings. The molecule has 0 radical (unpaired) electrons. The van der Waals surface area contributed by atoms with Crippen LogP contribution in [0.4, 0.5) is 0 Å². The van der Waals surface area contributed by atoms with E-state index < -0.39 is 0 Å². The third-order valence-corrected chi connectivity index (χ3v) is 3.24. The van der Waals surface area contributed by atoms with Crippen LogP contribution >= 0.6 is 0 Å². The molecule has 0 N–H and O–H groups in total. The van der Waals surface area contributed by atoms with Gasteiger partial charge in [0.2, 0.25) is 0 Å². The number of fused-ring (bicyclic) bond motifs is 3. The maximum Gasteiger partial charge on any atom is 0.289 e. The number of hydrogen-bond donors (Lipinski definition) is 0. The number of pyridine rings is 1. The van der Waals surface area contributed by atoms with Gasteiger partial charge in [0.05, 0.1) is 37.3 Å². The summed E-state index contributed by atoms with van der Waals surface area (Å²) >= 11 is 0. The lowest BCUT2D eigenvalue weighted by Crippen LogP contribution is -2.29. The zero-order chi connectivity index (χ0) is 12.0. The van der Waals surface area contributed by atoms with Gasteiger partial charge in [-0.2, -0.15) is 5.26 Å². The number of aryl methyl sites for hydroxylation is 2. The normalized spacial score (nSPS) is 10.9. The summed E-state index contributed by atoms with van der Waals surface area (Å²) in [4.78, 5) is 0. The Balaban J connectivity index is 2.60. The van der Waals surface area contributed by atoms with Crippen molar-refractivity contribution in [3.63, 3.8) is 0 Å². The molecule has 0 spiro atoms. The number of aromatic nitrogens is 2. The van der Waals surface area contributed by atoms with E-state index in [1.54, 1.807) is 0 Å². The molecule has 0 aliphatic rings. The van der Waals surface area contributed by atoms with Crippen LogP contribution in [0.1, 0.15) is 5.56 Å². The second-order valence-electron chi connectivity index (χ2n) is 4.26. The highest BCUT2D eigenvalue weighted by Gasteiger charge is 2.16. The Hall–Kier alpha value is -2.34. The standard InChI is InChI=1S/C14H12N3/c1-16-7-3-4-11-12-8-10(9-15)5-6-13(12)17(2)14(11)16/h3-8H,1-2H3/q+1.